The van der Waals surface area contributed by atoms with Gasteiger partial charge in [-0.25, -0.2) is 0 Å². The molecule has 0 heterocycles. The summed E-state index contributed by atoms with van der Waals surface area (Å²) in [6.07, 6.45) is 2.66. The number of aromatic carboxylic acids is 1. The molecule has 0 unspecified atom stereocenters. The highest BCUT2D eigenvalue weighted by atomic mass is 16.4. The molecule has 1 N–H and O–H groups in total. The van der Waals surface area contributed by atoms with Gasteiger partial charge in [0.05, 0.1) is 5.97 Å². The zero-order valence-corrected chi connectivity index (χ0v) is 12.0. The lowest BCUT2D eigenvalue weighted by Gasteiger charge is -2.31. The van der Waals surface area contributed by atoms with Crippen LogP contribution in [0.3, 0.4) is 0 Å². The van der Waals surface area contributed by atoms with Crippen LogP contribution < -0.4 is 15.5 Å². The van der Waals surface area contributed by atoms with Crippen molar-refractivity contribution < 1.29 is 24.6 Å². The van der Waals surface area contributed by atoms with Gasteiger partial charge in [0, 0.05) is 24.3 Å². The molecule has 1 aliphatic carbocycles. The first kappa shape index (κ1) is 16.0. The molecule has 6 heteroatoms. The number of benzene rings is 1. The van der Waals surface area contributed by atoms with Crippen molar-refractivity contribution in [3.8, 4) is 0 Å². The molecule has 22 heavy (non-hydrogen) atoms. The van der Waals surface area contributed by atoms with E-state index in [1.807, 2.05) is 0 Å². The Kier molecular flexibility index (Phi) is 5.14. The first-order valence-corrected chi connectivity index (χ1v) is 7.28. The molecule has 0 radical (unpaired) electrons. The van der Waals surface area contributed by atoms with Crippen LogP contribution in [0.5, 0.6) is 0 Å². The van der Waals surface area contributed by atoms with Crippen LogP contribution in [0.15, 0.2) is 24.3 Å². The van der Waals surface area contributed by atoms with Crippen LogP contribution in [0, 0.1) is 11.8 Å². The molecule has 118 valence electrons. The number of aliphatic carboxylic acids is 1. The van der Waals surface area contributed by atoms with E-state index in [1.165, 1.54) is 12.1 Å². The minimum absolute atomic E-state index is 0.0689. The maximum atomic E-state index is 12.2. The Labute approximate surface area is 128 Å². The SMILES string of the molecule is O=C([O-])c1ccc(CNC(=O)[C@H]2CCCC[C@@H]2C(=O)[O-])cc1. The van der Waals surface area contributed by atoms with E-state index in [0.29, 0.717) is 12.8 Å². The van der Waals surface area contributed by atoms with E-state index in [0.717, 1.165) is 18.4 Å². The van der Waals surface area contributed by atoms with Crippen molar-refractivity contribution in [3.63, 3.8) is 0 Å². The highest BCUT2D eigenvalue weighted by Crippen LogP contribution is 2.29. The molecule has 1 aliphatic rings. The summed E-state index contributed by atoms with van der Waals surface area (Å²) >= 11 is 0. The fraction of sp³-hybridized carbons (Fsp3) is 0.438. The average molecular weight is 303 g/mol. The van der Waals surface area contributed by atoms with Gasteiger partial charge in [-0.05, 0) is 24.0 Å². The topological polar surface area (TPSA) is 109 Å². The van der Waals surface area contributed by atoms with E-state index in [4.69, 9.17) is 0 Å². The second-order valence-electron chi connectivity index (χ2n) is 5.52. The molecule has 1 amide bonds. The Morgan fingerprint density at radius 2 is 1.59 bits per heavy atom. The lowest BCUT2D eigenvalue weighted by atomic mass is 9.78. The predicted molar refractivity (Wildman–Crippen MR) is 73.1 cm³/mol. The predicted octanol–water partition coefficient (Wildman–Crippen LogP) is -0.777. The third kappa shape index (κ3) is 3.84. The number of amides is 1. The Balaban J connectivity index is 1.93. The van der Waals surface area contributed by atoms with Crippen LogP contribution in [-0.4, -0.2) is 17.8 Å². The Morgan fingerprint density at radius 3 is 2.14 bits per heavy atom. The number of carboxylic acid groups (broad SMARTS) is 2. The van der Waals surface area contributed by atoms with Gasteiger partial charge in [-0.3, -0.25) is 4.79 Å². The zero-order valence-electron chi connectivity index (χ0n) is 12.0. The van der Waals surface area contributed by atoms with Crippen molar-refractivity contribution in [1.82, 2.24) is 5.32 Å². The highest BCUT2D eigenvalue weighted by molar-refractivity contribution is 5.86. The number of hydrogen-bond donors (Lipinski definition) is 1. The van der Waals surface area contributed by atoms with Crippen LogP contribution in [0.2, 0.25) is 0 Å². The number of hydrogen-bond acceptors (Lipinski definition) is 5. The van der Waals surface area contributed by atoms with Gasteiger partial charge in [0.2, 0.25) is 5.91 Å². The third-order valence-corrected chi connectivity index (χ3v) is 4.06. The van der Waals surface area contributed by atoms with Crippen molar-refractivity contribution in [1.29, 1.82) is 0 Å². The van der Waals surface area contributed by atoms with Gasteiger partial charge in [-0.1, -0.05) is 37.1 Å². The molecule has 6 nitrogen and oxygen atoms in total. The van der Waals surface area contributed by atoms with Gasteiger partial charge in [-0.15, -0.1) is 0 Å². The highest BCUT2D eigenvalue weighted by Gasteiger charge is 2.31. The molecule has 0 bridgehead atoms. The average Bonchev–Trinajstić information content (AvgIpc) is 2.53. The lowest BCUT2D eigenvalue weighted by Crippen LogP contribution is -2.44. The van der Waals surface area contributed by atoms with E-state index in [1.54, 1.807) is 12.1 Å². The molecule has 0 aliphatic heterocycles. The summed E-state index contributed by atoms with van der Waals surface area (Å²) in [6.45, 7) is 0.225. The van der Waals surface area contributed by atoms with E-state index in [-0.39, 0.29) is 18.0 Å². The van der Waals surface area contributed by atoms with E-state index >= 15 is 0 Å². The monoisotopic (exact) mass is 303 g/mol. The van der Waals surface area contributed by atoms with Crippen LogP contribution in [-0.2, 0) is 16.1 Å². The second kappa shape index (κ2) is 7.06. The van der Waals surface area contributed by atoms with Crippen molar-refractivity contribution in [2.75, 3.05) is 0 Å². The summed E-state index contributed by atoms with van der Waals surface area (Å²) in [4.78, 5) is 33.9. The van der Waals surface area contributed by atoms with Crippen molar-refractivity contribution in [3.05, 3.63) is 35.4 Å². The summed E-state index contributed by atoms with van der Waals surface area (Å²) in [5, 5.41) is 24.4. The number of rotatable bonds is 5. The van der Waals surface area contributed by atoms with Gasteiger partial charge < -0.3 is 25.1 Å². The normalized spacial score (nSPS) is 21.1. The van der Waals surface area contributed by atoms with E-state index in [2.05, 4.69) is 5.32 Å². The van der Waals surface area contributed by atoms with Gasteiger partial charge in [0.1, 0.15) is 0 Å². The molecule has 2 atom stereocenters. The number of carbonyl (C=O) groups excluding carboxylic acids is 3. The molecule has 1 fully saturated rings. The molecule has 0 aromatic heterocycles. The lowest BCUT2D eigenvalue weighted by molar-refractivity contribution is -0.314. The molecule has 2 rings (SSSR count). The fourth-order valence-corrected chi connectivity index (χ4v) is 2.81. The van der Waals surface area contributed by atoms with Crippen LogP contribution in [0.1, 0.15) is 41.6 Å². The Hall–Kier alpha value is -2.37. The fourth-order valence-electron chi connectivity index (χ4n) is 2.81. The van der Waals surface area contributed by atoms with Gasteiger partial charge >= 0.3 is 0 Å². The Bertz CT molecular complexity index is 566. The third-order valence-electron chi connectivity index (χ3n) is 4.06. The van der Waals surface area contributed by atoms with Crippen LogP contribution >= 0.6 is 0 Å². The standard InChI is InChI=1S/C16H19NO5/c18-14(12-3-1-2-4-13(12)16(21)22)17-9-10-5-7-11(8-6-10)15(19)20/h5-8,12-13H,1-4,9H2,(H,17,18)(H,19,20)(H,21,22)/p-2/t12-,13-/m0/s1. The number of carbonyl (C=O) groups is 3. The summed E-state index contributed by atoms with van der Waals surface area (Å²) in [5.74, 6) is -4.00. The Morgan fingerprint density at radius 1 is 1.00 bits per heavy atom. The quantitative estimate of drug-likeness (QED) is 0.767. The first-order valence-electron chi connectivity index (χ1n) is 7.28. The van der Waals surface area contributed by atoms with Crippen molar-refractivity contribution in [2.45, 2.75) is 32.2 Å². The van der Waals surface area contributed by atoms with E-state index < -0.39 is 23.8 Å². The zero-order chi connectivity index (χ0) is 16.1. The second-order valence-corrected chi connectivity index (χ2v) is 5.52. The van der Waals surface area contributed by atoms with Crippen molar-refractivity contribution in [2.24, 2.45) is 11.8 Å². The molecular formula is C16H17NO5-2. The molecule has 1 aromatic rings. The maximum Gasteiger partial charge on any atom is 0.224 e. The maximum absolute atomic E-state index is 12.2. The molecule has 0 spiro atoms. The molecular weight excluding hydrogens is 286 g/mol. The molecule has 1 saturated carbocycles. The van der Waals surface area contributed by atoms with Gasteiger partial charge in [0.15, 0.2) is 0 Å². The summed E-state index contributed by atoms with van der Waals surface area (Å²) in [5.41, 5.74) is 0.804. The first-order chi connectivity index (χ1) is 10.5. The largest absolute Gasteiger partial charge is 0.550 e. The van der Waals surface area contributed by atoms with Gasteiger partial charge in [0.25, 0.3) is 0 Å². The smallest absolute Gasteiger partial charge is 0.224 e. The number of nitrogens with one attached hydrogen (secondary N) is 1. The van der Waals surface area contributed by atoms with Gasteiger partial charge in [-0.2, -0.15) is 0 Å². The number of carboxylic acids is 2. The molecule has 1 aromatic carbocycles. The van der Waals surface area contributed by atoms with E-state index in [9.17, 15) is 24.6 Å². The summed E-state index contributed by atoms with van der Waals surface area (Å²) < 4.78 is 0. The van der Waals surface area contributed by atoms with Crippen molar-refractivity contribution >= 4 is 17.8 Å². The van der Waals surface area contributed by atoms with Crippen LogP contribution in [0.25, 0.3) is 0 Å². The minimum atomic E-state index is -1.26. The minimum Gasteiger partial charge on any atom is -0.550 e. The molecule has 0 saturated heterocycles. The summed E-state index contributed by atoms with van der Waals surface area (Å²) in [7, 11) is 0. The van der Waals surface area contributed by atoms with Crippen LogP contribution in [0.4, 0.5) is 0 Å². The summed E-state index contributed by atoms with van der Waals surface area (Å²) in [6, 6.07) is 5.98.